The van der Waals surface area contributed by atoms with Crippen LogP contribution in [0.5, 0.6) is 5.75 Å². The third-order valence-corrected chi connectivity index (χ3v) is 3.13. The summed E-state index contributed by atoms with van der Waals surface area (Å²) >= 11 is 0. The maximum Gasteiger partial charge on any atom is 0.119 e. The van der Waals surface area contributed by atoms with Crippen LogP contribution in [-0.4, -0.2) is 13.7 Å². The van der Waals surface area contributed by atoms with E-state index in [-0.39, 0.29) is 0 Å². The normalized spacial score (nSPS) is 10.4. The third-order valence-electron chi connectivity index (χ3n) is 3.13. The Bertz CT molecular complexity index is 537. The van der Waals surface area contributed by atoms with Crippen LogP contribution in [0.15, 0.2) is 48.5 Å². The van der Waals surface area contributed by atoms with Gasteiger partial charge in [-0.3, -0.25) is 0 Å². The highest BCUT2D eigenvalue weighted by Gasteiger charge is 1.98. The molecule has 0 spiro atoms. The minimum Gasteiger partial charge on any atom is -0.494 e. The average Bonchev–Trinajstić information content (AvgIpc) is 2.53. The zero-order chi connectivity index (χ0) is 14.9. The van der Waals surface area contributed by atoms with Gasteiger partial charge in [-0.2, -0.15) is 0 Å². The molecule has 0 saturated heterocycles. The van der Waals surface area contributed by atoms with Gasteiger partial charge in [0.1, 0.15) is 5.75 Å². The number of ether oxygens (including phenoxy) is 2. The summed E-state index contributed by atoms with van der Waals surface area (Å²) in [5, 5.41) is 3.43. The second kappa shape index (κ2) is 8.32. The summed E-state index contributed by atoms with van der Waals surface area (Å²) in [4.78, 5) is 0. The van der Waals surface area contributed by atoms with Gasteiger partial charge in [0.05, 0.1) is 13.2 Å². The van der Waals surface area contributed by atoms with Gasteiger partial charge in [-0.1, -0.05) is 31.2 Å². The van der Waals surface area contributed by atoms with Crippen molar-refractivity contribution < 1.29 is 9.47 Å². The van der Waals surface area contributed by atoms with E-state index in [1.165, 1.54) is 11.1 Å². The minimum atomic E-state index is 0.638. The van der Waals surface area contributed by atoms with Crippen LogP contribution in [-0.2, 0) is 17.9 Å². The van der Waals surface area contributed by atoms with Crippen molar-refractivity contribution >= 4 is 5.69 Å². The van der Waals surface area contributed by atoms with Crippen molar-refractivity contribution in [3.05, 3.63) is 59.7 Å². The summed E-state index contributed by atoms with van der Waals surface area (Å²) in [6, 6.07) is 16.5. The van der Waals surface area contributed by atoms with Crippen LogP contribution < -0.4 is 10.1 Å². The molecule has 3 nitrogen and oxygen atoms in total. The van der Waals surface area contributed by atoms with E-state index in [2.05, 4.69) is 42.6 Å². The number of methoxy groups -OCH3 is 1. The molecule has 2 rings (SSSR count). The molecule has 0 aliphatic heterocycles. The van der Waals surface area contributed by atoms with Crippen LogP contribution in [0.25, 0.3) is 0 Å². The van der Waals surface area contributed by atoms with Gasteiger partial charge in [0.15, 0.2) is 0 Å². The van der Waals surface area contributed by atoms with Gasteiger partial charge in [0.2, 0.25) is 0 Å². The molecule has 0 amide bonds. The Morgan fingerprint density at radius 2 is 1.81 bits per heavy atom. The van der Waals surface area contributed by atoms with Crippen LogP contribution in [0.3, 0.4) is 0 Å². The van der Waals surface area contributed by atoms with Crippen molar-refractivity contribution in [2.45, 2.75) is 26.5 Å². The molecular formula is C18H23NO2. The predicted molar refractivity (Wildman–Crippen MR) is 86.7 cm³/mol. The molecule has 3 heteroatoms. The summed E-state index contributed by atoms with van der Waals surface area (Å²) in [7, 11) is 1.71. The first-order valence-electron chi connectivity index (χ1n) is 7.35. The average molecular weight is 285 g/mol. The summed E-state index contributed by atoms with van der Waals surface area (Å²) in [6.07, 6.45) is 1.03. The van der Waals surface area contributed by atoms with E-state index in [4.69, 9.17) is 9.47 Å². The Morgan fingerprint density at radius 1 is 1.00 bits per heavy atom. The van der Waals surface area contributed by atoms with Crippen LogP contribution >= 0.6 is 0 Å². The highest BCUT2D eigenvalue weighted by atomic mass is 16.5. The lowest BCUT2D eigenvalue weighted by Crippen LogP contribution is -2.00. The Balaban J connectivity index is 1.88. The number of hydrogen-bond acceptors (Lipinski definition) is 3. The van der Waals surface area contributed by atoms with Gasteiger partial charge in [0.25, 0.3) is 0 Å². The molecule has 0 bridgehead atoms. The summed E-state index contributed by atoms with van der Waals surface area (Å²) in [5.74, 6) is 0.933. The molecule has 0 heterocycles. The number of rotatable bonds is 8. The molecule has 0 fully saturated rings. The Hall–Kier alpha value is -2.00. The van der Waals surface area contributed by atoms with E-state index in [0.717, 1.165) is 31.0 Å². The molecule has 1 N–H and O–H groups in total. The monoisotopic (exact) mass is 285 g/mol. The lowest BCUT2D eigenvalue weighted by Gasteiger charge is -2.09. The van der Waals surface area contributed by atoms with Crippen LogP contribution in [0.1, 0.15) is 24.5 Å². The van der Waals surface area contributed by atoms with Crippen molar-refractivity contribution in [2.24, 2.45) is 0 Å². The standard InChI is InChI=1S/C18H23NO2/c1-3-11-21-18-9-7-15(8-10-18)13-19-17-6-4-5-16(12-17)14-20-2/h4-10,12,19H,3,11,13-14H2,1-2H3. The Labute approximate surface area is 126 Å². The van der Waals surface area contributed by atoms with E-state index in [9.17, 15) is 0 Å². The summed E-state index contributed by atoms with van der Waals surface area (Å²) < 4.78 is 10.7. The van der Waals surface area contributed by atoms with Crippen LogP contribution in [0.2, 0.25) is 0 Å². The fourth-order valence-electron chi connectivity index (χ4n) is 2.07. The topological polar surface area (TPSA) is 30.5 Å². The lowest BCUT2D eigenvalue weighted by atomic mass is 10.2. The molecule has 0 radical (unpaired) electrons. The number of benzene rings is 2. The second-order valence-electron chi connectivity index (χ2n) is 4.98. The van der Waals surface area contributed by atoms with E-state index in [1.54, 1.807) is 7.11 Å². The van der Waals surface area contributed by atoms with Gasteiger partial charge in [0, 0.05) is 19.3 Å². The molecule has 0 aliphatic rings. The van der Waals surface area contributed by atoms with E-state index >= 15 is 0 Å². The smallest absolute Gasteiger partial charge is 0.119 e. The van der Waals surface area contributed by atoms with Crippen molar-refractivity contribution in [1.29, 1.82) is 0 Å². The van der Waals surface area contributed by atoms with Gasteiger partial charge in [-0.15, -0.1) is 0 Å². The highest BCUT2D eigenvalue weighted by molar-refractivity contribution is 5.46. The molecule has 0 saturated carbocycles. The first-order valence-corrected chi connectivity index (χ1v) is 7.35. The van der Waals surface area contributed by atoms with Crippen molar-refractivity contribution in [3.63, 3.8) is 0 Å². The minimum absolute atomic E-state index is 0.638. The fraction of sp³-hybridized carbons (Fsp3) is 0.333. The van der Waals surface area contributed by atoms with Gasteiger partial charge < -0.3 is 14.8 Å². The predicted octanol–water partition coefficient (Wildman–Crippen LogP) is 4.23. The second-order valence-corrected chi connectivity index (χ2v) is 4.98. The molecule has 0 atom stereocenters. The largest absolute Gasteiger partial charge is 0.494 e. The summed E-state index contributed by atoms with van der Waals surface area (Å²) in [5.41, 5.74) is 3.51. The first kappa shape index (κ1) is 15.4. The van der Waals surface area contributed by atoms with Gasteiger partial charge >= 0.3 is 0 Å². The van der Waals surface area contributed by atoms with E-state index < -0.39 is 0 Å². The number of hydrogen-bond donors (Lipinski definition) is 1. The molecule has 2 aromatic rings. The van der Waals surface area contributed by atoms with Gasteiger partial charge in [-0.25, -0.2) is 0 Å². The Kier molecular flexibility index (Phi) is 6.10. The van der Waals surface area contributed by atoms with E-state index in [0.29, 0.717) is 6.61 Å². The maximum absolute atomic E-state index is 5.58. The molecule has 0 unspecified atom stereocenters. The first-order chi connectivity index (χ1) is 10.3. The van der Waals surface area contributed by atoms with Crippen molar-refractivity contribution in [2.75, 3.05) is 19.0 Å². The van der Waals surface area contributed by atoms with Crippen molar-refractivity contribution in [1.82, 2.24) is 0 Å². The highest BCUT2D eigenvalue weighted by Crippen LogP contribution is 2.15. The fourth-order valence-corrected chi connectivity index (χ4v) is 2.07. The zero-order valence-corrected chi connectivity index (χ0v) is 12.8. The van der Waals surface area contributed by atoms with E-state index in [1.807, 2.05) is 18.2 Å². The third kappa shape index (κ3) is 5.12. The number of anilines is 1. The molecule has 0 aliphatic carbocycles. The lowest BCUT2D eigenvalue weighted by molar-refractivity contribution is 0.185. The van der Waals surface area contributed by atoms with Crippen LogP contribution in [0, 0.1) is 0 Å². The maximum atomic E-state index is 5.58. The zero-order valence-electron chi connectivity index (χ0n) is 12.8. The Morgan fingerprint density at radius 3 is 2.52 bits per heavy atom. The molecule has 112 valence electrons. The molecular weight excluding hydrogens is 262 g/mol. The van der Waals surface area contributed by atoms with Gasteiger partial charge in [-0.05, 0) is 41.8 Å². The van der Waals surface area contributed by atoms with Crippen LogP contribution in [0.4, 0.5) is 5.69 Å². The molecule has 2 aromatic carbocycles. The van der Waals surface area contributed by atoms with Crippen molar-refractivity contribution in [3.8, 4) is 5.75 Å². The number of nitrogens with one attached hydrogen (secondary N) is 1. The molecule has 21 heavy (non-hydrogen) atoms. The summed E-state index contributed by atoms with van der Waals surface area (Å²) in [6.45, 7) is 4.31. The molecule has 0 aromatic heterocycles. The quantitative estimate of drug-likeness (QED) is 0.787. The SMILES string of the molecule is CCCOc1ccc(CNc2cccc(COC)c2)cc1.